The summed E-state index contributed by atoms with van der Waals surface area (Å²) in [7, 11) is 1.57. The molecule has 4 amide bonds. The summed E-state index contributed by atoms with van der Waals surface area (Å²) >= 11 is 0. The van der Waals surface area contributed by atoms with Gasteiger partial charge in [-0.1, -0.05) is 6.07 Å². The average molecular weight is 347 g/mol. The number of hydrogen-bond acceptors (Lipinski definition) is 5. The van der Waals surface area contributed by atoms with Crippen LogP contribution in [0, 0.1) is 0 Å². The van der Waals surface area contributed by atoms with Gasteiger partial charge in [0.05, 0.1) is 13.7 Å². The largest absolute Gasteiger partial charge is 0.497 e. The SMILES string of the molecule is COc1cccc(OCC(=O)N2CCC(N3C(=O)CNC3=O)CC2)c1. The fourth-order valence-corrected chi connectivity index (χ4v) is 3.11. The minimum absolute atomic E-state index is 0.0546. The van der Waals surface area contributed by atoms with E-state index in [1.54, 1.807) is 36.3 Å². The minimum atomic E-state index is -0.337. The Balaban J connectivity index is 1.48. The summed E-state index contributed by atoms with van der Waals surface area (Å²) in [6.45, 7) is 1.01. The Hall–Kier alpha value is -2.77. The van der Waals surface area contributed by atoms with Crippen LogP contribution < -0.4 is 14.8 Å². The van der Waals surface area contributed by atoms with Crippen molar-refractivity contribution in [3.63, 3.8) is 0 Å². The number of nitrogens with zero attached hydrogens (tertiary/aromatic N) is 2. The first-order valence-corrected chi connectivity index (χ1v) is 8.23. The second-order valence-electron chi connectivity index (χ2n) is 6.00. The molecule has 0 radical (unpaired) electrons. The number of urea groups is 1. The molecule has 1 aromatic rings. The second kappa shape index (κ2) is 7.42. The van der Waals surface area contributed by atoms with Gasteiger partial charge in [-0.05, 0) is 25.0 Å². The molecule has 2 aliphatic rings. The normalized spacial score (nSPS) is 18.3. The standard InChI is InChI=1S/C17H21N3O5/c1-24-13-3-2-4-14(9-13)25-11-16(22)19-7-5-12(6-8-19)20-15(21)10-18-17(20)23/h2-4,9,12H,5-8,10-11H2,1H3,(H,18,23). The van der Waals surface area contributed by atoms with Gasteiger partial charge in [0, 0.05) is 25.2 Å². The zero-order valence-electron chi connectivity index (χ0n) is 14.1. The molecule has 25 heavy (non-hydrogen) atoms. The van der Waals surface area contributed by atoms with Crippen molar-refractivity contribution in [2.75, 3.05) is 33.4 Å². The molecule has 2 aliphatic heterocycles. The highest BCUT2D eigenvalue weighted by Crippen LogP contribution is 2.21. The number of carbonyl (C=O) groups is 3. The molecule has 1 aromatic carbocycles. The van der Waals surface area contributed by atoms with Crippen molar-refractivity contribution in [1.29, 1.82) is 0 Å². The number of likely N-dealkylation sites (tertiary alicyclic amines) is 1. The van der Waals surface area contributed by atoms with E-state index < -0.39 is 0 Å². The number of methoxy groups -OCH3 is 1. The van der Waals surface area contributed by atoms with E-state index in [4.69, 9.17) is 9.47 Å². The van der Waals surface area contributed by atoms with Crippen LogP contribution in [0.25, 0.3) is 0 Å². The molecular formula is C17H21N3O5. The summed E-state index contributed by atoms with van der Waals surface area (Å²) < 4.78 is 10.6. The Morgan fingerprint density at radius 2 is 1.96 bits per heavy atom. The second-order valence-corrected chi connectivity index (χ2v) is 6.00. The predicted octanol–water partition coefficient (Wildman–Crippen LogP) is 0.617. The van der Waals surface area contributed by atoms with Gasteiger partial charge in [0.15, 0.2) is 6.61 Å². The maximum atomic E-state index is 12.3. The first-order chi connectivity index (χ1) is 12.1. The number of ether oxygens (including phenoxy) is 2. The summed E-state index contributed by atoms with van der Waals surface area (Å²) in [6, 6.07) is 6.60. The lowest BCUT2D eigenvalue weighted by atomic mass is 10.0. The number of carbonyl (C=O) groups excluding carboxylic acids is 3. The highest BCUT2D eigenvalue weighted by Gasteiger charge is 2.37. The predicted molar refractivity (Wildman–Crippen MR) is 88.3 cm³/mol. The van der Waals surface area contributed by atoms with E-state index in [1.165, 1.54) is 4.90 Å². The third kappa shape index (κ3) is 3.84. The Kier molecular flexibility index (Phi) is 5.06. The van der Waals surface area contributed by atoms with Crippen LogP contribution in [-0.2, 0) is 9.59 Å². The first-order valence-electron chi connectivity index (χ1n) is 8.23. The zero-order valence-corrected chi connectivity index (χ0v) is 14.1. The van der Waals surface area contributed by atoms with Crippen molar-refractivity contribution in [2.24, 2.45) is 0 Å². The molecule has 0 atom stereocenters. The van der Waals surface area contributed by atoms with E-state index in [9.17, 15) is 14.4 Å². The van der Waals surface area contributed by atoms with E-state index in [0.717, 1.165) is 0 Å². The van der Waals surface area contributed by atoms with Crippen LogP contribution in [-0.4, -0.2) is 67.0 Å². The molecule has 2 fully saturated rings. The molecule has 3 rings (SSSR count). The van der Waals surface area contributed by atoms with Gasteiger partial charge in [0.2, 0.25) is 5.91 Å². The zero-order chi connectivity index (χ0) is 17.8. The number of piperidine rings is 1. The van der Waals surface area contributed by atoms with E-state index in [-0.39, 0.29) is 37.0 Å². The van der Waals surface area contributed by atoms with Crippen LogP contribution >= 0.6 is 0 Å². The lowest BCUT2D eigenvalue weighted by Crippen LogP contribution is -2.49. The molecule has 8 heteroatoms. The van der Waals surface area contributed by atoms with Crippen molar-refractivity contribution in [3.05, 3.63) is 24.3 Å². The average Bonchev–Trinajstić information content (AvgIpc) is 2.98. The molecule has 0 bridgehead atoms. The van der Waals surface area contributed by atoms with Gasteiger partial charge in [-0.25, -0.2) is 4.79 Å². The maximum Gasteiger partial charge on any atom is 0.324 e. The van der Waals surface area contributed by atoms with Crippen molar-refractivity contribution < 1.29 is 23.9 Å². The number of imide groups is 1. The van der Waals surface area contributed by atoms with Crippen molar-refractivity contribution >= 4 is 17.8 Å². The highest BCUT2D eigenvalue weighted by atomic mass is 16.5. The quantitative estimate of drug-likeness (QED) is 0.789. The number of rotatable bonds is 5. The molecule has 0 unspecified atom stereocenters. The van der Waals surface area contributed by atoms with Gasteiger partial charge in [0.1, 0.15) is 11.5 Å². The van der Waals surface area contributed by atoms with Crippen LogP contribution in [0.1, 0.15) is 12.8 Å². The molecular weight excluding hydrogens is 326 g/mol. The molecule has 1 N–H and O–H groups in total. The van der Waals surface area contributed by atoms with E-state index in [2.05, 4.69) is 5.32 Å². The molecule has 2 saturated heterocycles. The maximum absolute atomic E-state index is 12.3. The third-order valence-electron chi connectivity index (χ3n) is 4.46. The Morgan fingerprint density at radius 3 is 2.60 bits per heavy atom. The van der Waals surface area contributed by atoms with Gasteiger partial charge in [-0.15, -0.1) is 0 Å². The molecule has 0 aliphatic carbocycles. The summed E-state index contributed by atoms with van der Waals surface area (Å²) in [5, 5.41) is 2.53. The lowest BCUT2D eigenvalue weighted by Gasteiger charge is -2.35. The van der Waals surface area contributed by atoms with Gasteiger partial charge in [0.25, 0.3) is 5.91 Å². The van der Waals surface area contributed by atoms with E-state index in [0.29, 0.717) is 37.4 Å². The summed E-state index contributed by atoms with van der Waals surface area (Å²) in [6.07, 6.45) is 1.17. The minimum Gasteiger partial charge on any atom is -0.497 e. The van der Waals surface area contributed by atoms with Crippen LogP contribution in [0.2, 0.25) is 0 Å². The van der Waals surface area contributed by atoms with E-state index in [1.807, 2.05) is 0 Å². The monoisotopic (exact) mass is 347 g/mol. The Bertz CT molecular complexity index is 654. The molecule has 0 saturated carbocycles. The number of amides is 4. The van der Waals surface area contributed by atoms with Crippen LogP contribution in [0.4, 0.5) is 4.79 Å². The van der Waals surface area contributed by atoms with E-state index >= 15 is 0 Å². The molecule has 2 heterocycles. The Morgan fingerprint density at radius 1 is 1.24 bits per heavy atom. The van der Waals surface area contributed by atoms with Gasteiger partial charge >= 0.3 is 6.03 Å². The molecule has 0 spiro atoms. The highest BCUT2D eigenvalue weighted by molar-refractivity contribution is 6.02. The number of hydrogen-bond donors (Lipinski definition) is 1. The summed E-state index contributed by atoms with van der Waals surface area (Å²) in [4.78, 5) is 38.7. The lowest BCUT2D eigenvalue weighted by molar-refractivity contribution is -0.135. The summed E-state index contributed by atoms with van der Waals surface area (Å²) in [5.41, 5.74) is 0. The summed E-state index contributed by atoms with van der Waals surface area (Å²) in [5.74, 6) is 0.927. The first kappa shape index (κ1) is 17.1. The van der Waals surface area contributed by atoms with Crippen LogP contribution in [0.15, 0.2) is 24.3 Å². The molecule has 134 valence electrons. The molecule has 0 aromatic heterocycles. The van der Waals surface area contributed by atoms with Crippen molar-refractivity contribution in [1.82, 2.24) is 15.1 Å². The van der Waals surface area contributed by atoms with Crippen LogP contribution in [0.3, 0.4) is 0 Å². The van der Waals surface area contributed by atoms with Crippen molar-refractivity contribution in [2.45, 2.75) is 18.9 Å². The van der Waals surface area contributed by atoms with Gasteiger partial charge in [-0.2, -0.15) is 0 Å². The number of benzene rings is 1. The third-order valence-corrected chi connectivity index (χ3v) is 4.46. The fourth-order valence-electron chi connectivity index (χ4n) is 3.11. The number of nitrogens with one attached hydrogen (secondary N) is 1. The van der Waals surface area contributed by atoms with Crippen molar-refractivity contribution in [3.8, 4) is 11.5 Å². The van der Waals surface area contributed by atoms with Crippen LogP contribution in [0.5, 0.6) is 11.5 Å². The van der Waals surface area contributed by atoms with Gasteiger partial charge < -0.3 is 19.7 Å². The Labute approximate surface area is 145 Å². The van der Waals surface area contributed by atoms with Gasteiger partial charge in [-0.3, -0.25) is 14.5 Å². The fraction of sp³-hybridized carbons (Fsp3) is 0.471. The topological polar surface area (TPSA) is 88.2 Å². The smallest absolute Gasteiger partial charge is 0.324 e. The molecule has 8 nitrogen and oxygen atoms in total.